The van der Waals surface area contributed by atoms with Crippen molar-refractivity contribution in [3.8, 4) is 0 Å². The first kappa shape index (κ1) is 14.1. The lowest BCUT2D eigenvalue weighted by atomic mass is 10.2. The summed E-state index contributed by atoms with van der Waals surface area (Å²) in [5.41, 5.74) is 1.85. The molecule has 0 spiro atoms. The van der Waals surface area contributed by atoms with Gasteiger partial charge in [-0.1, -0.05) is 34.1 Å². The SMILES string of the molecule is O=S(=O)(c1cc(Br)ccc1Br)N1CCc2ccccc21. The molecule has 2 aromatic rings. The first-order valence-corrected chi connectivity index (χ1v) is 9.08. The Kier molecular flexibility index (Phi) is 3.64. The quantitative estimate of drug-likeness (QED) is 0.742. The molecule has 0 saturated heterocycles. The molecular weight excluding hydrogens is 406 g/mol. The van der Waals surface area contributed by atoms with Gasteiger partial charge in [0.25, 0.3) is 10.0 Å². The molecule has 3 nitrogen and oxygen atoms in total. The highest BCUT2D eigenvalue weighted by Gasteiger charge is 2.31. The smallest absolute Gasteiger partial charge is 0.265 e. The van der Waals surface area contributed by atoms with Crippen LogP contribution in [0, 0.1) is 0 Å². The second-order valence-electron chi connectivity index (χ2n) is 4.53. The maximum atomic E-state index is 12.8. The maximum absolute atomic E-state index is 12.8. The Bertz CT molecular complexity index is 774. The molecule has 0 fully saturated rings. The number of fused-ring (bicyclic) bond motifs is 1. The second-order valence-corrected chi connectivity index (χ2v) is 8.13. The van der Waals surface area contributed by atoms with E-state index >= 15 is 0 Å². The van der Waals surface area contributed by atoms with Gasteiger partial charge in [-0.05, 0) is 52.2 Å². The first-order valence-electron chi connectivity index (χ1n) is 6.06. The van der Waals surface area contributed by atoms with E-state index in [-0.39, 0.29) is 4.90 Å². The maximum Gasteiger partial charge on any atom is 0.265 e. The van der Waals surface area contributed by atoms with Crippen LogP contribution in [0.5, 0.6) is 0 Å². The van der Waals surface area contributed by atoms with Gasteiger partial charge in [-0.3, -0.25) is 4.31 Å². The van der Waals surface area contributed by atoms with Crippen molar-refractivity contribution in [3.05, 3.63) is 57.0 Å². The number of halogens is 2. The van der Waals surface area contributed by atoms with E-state index in [1.807, 2.05) is 24.3 Å². The lowest BCUT2D eigenvalue weighted by Gasteiger charge is -2.20. The number of rotatable bonds is 2. The largest absolute Gasteiger partial charge is 0.266 e. The number of nitrogens with zero attached hydrogens (tertiary/aromatic N) is 1. The molecule has 0 bridgehead atoms. The first-order chi connectivity index (χ1) is 9.50. The average molecular weight is 417 g/mol. The van der Waals surface area contributed by atoms with Crippen LogP contribution in [0.25, 0.3) is 0 Å². The molecule has 20 heavy (non-hydrogen) atoms. The van der Waals surface area contributed by atoms with Gasteiger partial charge in [-0.25, -0.2) is 8.42 Å². The molecule has 0 amide bonds. The Balaban J connectivity index is 2.13. The van der Waals surface area contributed by atoms with Crippen molar-refractivity contribution >= 4 is 47.6 Å². The number of hydrogen-bond donors (Lipinski definition) is 0. The predicted octanol–water partition coefficient (Wildman–Crippen LogP) is 3.96. The summed E-state index contributed by atoms with van der Waals surface area (Å²) in [6, 6.07) is 12.8. The summed E-state index contributed by atoms with van der Waals surface area (Å²) < 4.78 is 28.5. The minimum absolute atomic E-state index is 0.281. The molecule has 0 radical (unpaired) electrons. The van der Waals surface area contributed by atoms with Gasteiger partial charge >= 0.3 is 0 Å². The number of para-hydroxylation sites is 1. The highest BCUT2D eigenvalue weighted by atomic mass is 79.9. The zero-order valence-corrected chi connectivity index (χ0v) is 14.4. The van der Waals surface area contributed by atoms with E-state index in [0.717, 1.165) is 22.1 Å². The van der Waals surface area contributed by atoms with Crippen molar-refractivity contribution in [1.82, 2.24) is 0 Å². The molecule has 104 valence electrons. The van der Waals surface area contributed by atoms with E-state index < -0.39 is 10.0 Å². The average Bonchev–Trinajstić information content (AvgIpc) is 2.86. The summed E-state index contributed by atoms with van der Waals surface area (Å²) in [5, 5.41) is 0. The summed E-state index contributed by atoms with van der Waals surface area (Å²) in [6.07, 6.45) is 0.751. The number of hydrogen-bond acceptors (Lipinski definition) is 2. The van der Waals surface area contributed by atoms with Crippen LogP contribution in [0.4, 0.5) is 5.69 Å². The van der Waals surface area contributed by atoms with Crippen molar-refractivity contribution < 1.29 is 8.42 Å². The molecule has 0 N–H and O–H groups in total. The molecule has 0 saturated carbocycles. The highest BCUT2D eigenvalue weighted by molar-refractivity contribution is 9.11. The van der Waals surface area contributed by atoms with Gasteiger partial charge in [-0.2, -0.15) is 0 Å². The molecule has 3 rings (SSSR count). The van der Waals surface area contributed by atoms with Crippen LogP contribution in [0.15, 0.2) is 56.3 Å². The Morgan fingerprint density at radius 3 is 2.60 bits per heavy atom. The minimum atomic E-state index is -3.55. The third kappa shape index (κ3) is 2.29. The van der Waals surface area contributed by atoms with E-state index in [4.69, 9.17) is 0 Å². The fourth-order valence-corrected chi connectivity index (χ4v) is 5.32. The van der Waals surface area contributed by atoms with Crippen molar-refractivity contribution in [3.63, 3.8) is 0 Å². The van der Waals surface area contributed by atoms with Crippen molar-refractivity contribution in [2.45, 2.75) is 11.3 Å². The minimum Gasteiger partial charge on any atom is -0.266 e. The van der Waals surface area contributed by atoms with Crippen molar-refractivity contribution in [1.29, 1.82) is 0 Å². The van der Waals surface area contributed by atoms with E-state index in [2.05, 4.69) is 31.9 Å². The second kappa shape index (κ2) is 5.16. The van der Waals surface area contributed by atoms with E-state index in [0.29, 0.717) is 11.0 Å². The fraction of sp³-hybridized carbons (Fsp3) is 0.143. The molecule has 0 unspecified atom stereocenters. The summed E-state index contributed by atoms with van der Waals surface area (Å²) in [6.45, 7) is 0.487. The van der Waals surface area contributed by atoms with Gasteiger partial charge in [0.1, 0.15) is 4.90 Å². The third-order valence-corrected chi connectivity index (χ3v) is 6.61. The molecule has 0 aromatic heterocycles. The topological polar surface area (TPSA) is 37.4 Å². The summed E-state index contributed by atoms with van der Waals surface area (Å²) in [4.78, 5) is 0.281. The molecule has 0 atom stereocenters. The van der Waals surface area contributed by atoms with E-state index in [1.54, 1.807) is 18.2 Å². The van der Waals surface area contributed by atoms with Crippen LogP contribution in [-0.4, -0.2) is 15.0 Å². The molecular formula is C14H11Br2NO2S. The monoisotopic (exact) mass is 415 g/mol. The standard InChI is InChI=1S/C14H11Br2NO2S/c15-11-5-6-12(16)14(9-11)20(18,19)17-8-7-10-3-1-2-4-13(10)17/h1-6,9H,7-8H2. The lowest BCUT2D eigenvalue weighted by Crippen LogP contribution is -2.29. The molecule has 1 heterocycles. The number of sulfonamides is 1. The van der Waals surface area contributed by atoms with Gasteiger partial charge in [0, 0.05) is 15.5 Å². The molecule has 1 aliphatic heterocycles. The van der Waals surface area contributed by atoms with Crippen LogP contribution >= 0.6 is 31.9 Å². The Morgan fingerprint density at radius 2 is 1.80 bits per heavy atom. The van der Waals surface area contributed by atoms with Gasteiger partial charge in [0.2, 0.25) is 0 Å². The van der Waals surface area contributed by atoms with Crippen molar-refractivity contribution in [2.24, 2.45) is 0 Å². The fourth-order valence-electron chi connectivity index (χ4n) is 2.35. The normalized spacial score (nSPS) is 14.4. The predicted molar refractivity (Wildman–Crippen MR) is 86.5 cm³/mol. The zero-order valence-electron chi connectivity index (χ0n) is 10.4. The number of anilines is 1. The van der Waals surface area contributed by atoms with Gasteiger partial charge in [-0.15, -0.1) is 0 Å². The Hall–Kier alpha value is -0.850. The van der Waals surface area contributed by atoms with Gasteiger partial charge in [0.05, 0.1) is 5.69 Å². The third-order valence-electron chi connectivity index (χ3n) is 3.31. The van der Waals surface area contributed by atoms with Crippen molar-refractivity contribution in [2.75, 3.05) is 10.8 Å². The summed E-state index contributed by atoms with van der Waals surface area (Å²) in [5.74, 6) is 0. The highest BCUT2D eigenvalue weighted by Crippen LogP contribution is 2.35. The van der Waals surface area contributed by atoms with E-state index in [9.17, 15) is 8.42 Å². The van der Waals surface area contributed by atoms with Gasteiger partial charge in [0.15, 0.2) is 0 Å². The summed E-state index contributed by atoms with van der Waals surface area (Å²) >= 11 is 6.65. The molecule has 1 aliphatic rings. The molecule has 6 heteroatoms. The number of benzene rings is 2. The zero-order chi connectivity index (χ0) is 14.3. The summed E-state index contributed by atoms with van der Waals surface area (Å²) in [7, 11) is -3.55. The van der Waals surface area contributed by atoms with E-state index in [1.165, 1.54) is 4.31 Å². The van der Waals surface area contributed by atoms with Crippen LogP contribution in [0.3, 0.4) is 0 Å². The van der Waals surface area contributed by atoms with Crippen LogP contribution < -0.4 is 4.31 Å². The molecule has 2 aromatic carbocycles. The van der Waals surface area contributed by atoms with Crippen LogP contribution in [0.2, 0.25) is 0 Å². The van der Waals surface area contributed by atoms with Gasteiger partial charge < -0.3 is 0 Å². The Morgan fingerprint density at radius 1 is 1.05 bits per heavy atom. The molecule has 0 aliphatic carbocycles. The Labute approximate surface area is 134 Å². The lowest BCUT2D eigenvalue weighted by molar-refractivity contribution is 0.592. The van der Waals surface area contributed by atoms with Crippen LogP contribution in [0.1, 0.15) is 5.56 Å². The van der Waals surface area contributed by atoms with Crippen LogP contribution in [-0.2, 0) is 16.4 Å².